The summed E-state index contributed by atoms with van der Waals surface area (Å²) in [7, 11) is 0. The number of aliphatic hydroxyl groups is 1. The molecule has 1 aliphatic heterocycles. The van der Waals surface area contributed by atoms with Gasteiger partial charge in [-0.3, -0.25) is 0 Å². The fourth-order valence-electron chi connectivity index (χ4n) is 3.91. The van der Waals surface area contributed by atoms with Crippen LogP contribution in [-0.2, 0) is 10.3 Å². The summed E-state index contributed by atoms with van der Waals surface area (Å²) in [5, 5.41) is 25.5. The van der Waals surface area contributed by atoms with Gasteiger partial charge in [-0.25, -0.2) is 4.99 Å². The first-order valence-corrected chi connectivity index (χ1v) is 12.1. The third-order valence-electron chi connectivity index (χ3n) is 5.90. The molecule has 1 aromatic heterocycles. The SMILES string of the molecule is CCNC(=NCC(C)(O)c1ccsc1)NCC1(NC(C)c2ccccc2)CCOCC1. The standard InChI is InChI=1S/C24H36N4O2S/c1-4-25-22(26-17-23(3,29)21-10-15-31-16-21)27-18-24(11-13-30-14-12-24)28-19(2)20-8-6-5-7-9-20/h5-10,15-16,19,28-29H,4,11-14,17-18H2,1-3H3,(H2,25,26,27). The van der Waals surface area contributed by atoms with Gasteiger partial charge in [0.15, 0.2) is 5.96 Å². The van der Waals surface area contributed by atoms with E-state index in [1.807, 2.05) is 36.7 Å². The lowest BCUT2D eigenvalue weighted by molar-refractivity contribution is 0.0354. The van der Waals surface area contributed by atoms with Gasteiger partial charge in [-0.15, -0.1) is 0 Å². The highest BCUT2D eigenvalue weighted by Crippen LogP contribution is 2.25. The van der Waals surface area contributed by atoms with Gasteiger partial charge in [-0.1, -0.05) is 30.3 Å². The number of thiophene rings is 1. The molecule has 2 atom stereocenters. The van der Waals surface area contributed by atoms with Gasteiger partial charge in [-0.05, 0) is 61.6 Å². The van der Waals surface area contributed by atoms with Crippen molar-refractivity contribution in [2.75, 3.05) is 32.8 Å². The van der Waals surface area contributed by atoms with Gasteiger partial charge in [-0.2, -0.15) is 11.3 Å². The maximum atomic E-state index is 10.8. The van der Waals surface area contributed by atoms with Gasteiger partial charge in [0.2, 0.25) is 0 Å². The Hall–Kier alpha value is -1.93. The molecule has 31 heavy (non-hydrogen) atoms. The van der Waals surface area contributed by atoms with Crippen molar-refractivity contribution >= 4 is 17.3 Å². The monoisotopic (exact) mass is 444 g/mol. The molecule has 0 spiro atoms. The van der Waals surface area contributed by atoms with Gasteiger partial charge in [0.1, 0.15) is 5.60 Å². The molecule has 2 heterocycles. The molecule has 1 saturated heterocycles. The Morgan fingerprint density at radius 2 is 1.97 bits per heavy atom. The van der Waals surface area contributed by atoms with Crippen molar-refractivity contribution < 1.29 is 9.84 Å². The minimum Gasteiger partial charge on any atom is -0.383 e. The zero-order chi connectivity index (χ0) is 22.2. The summed E-state index contributed by atoms with van der Waals surface area (Å²) in [6, 6.07) is 12.7. The van der Waals surface area contributed by atoms with Crippen LogP contribution in [0.2, 0.25) is 0 Å². The lowest BCUT2D eigenvalue weighted by Gasteiger charge is -2.41. The van der Waals surface area contributed by atoms with Crippen molar-refractivity contribution in [3.8, 4) is 0 Å². The maximum Gasteiger partial charge on any atom is 0.191 e. The Balaban J connectivity index is 1.67. The van der Waals surface area contributed by atoms with E-state index in [1.54, 1.807) is 11.3 Å². The fourth-order valence-corrected chi connectivity index (χ4v) is 4.69. The van der Waals surface area contributed by atoms with Crippen LogP contribution in [0, 0.1) is 0 Å². The summed E-state index contributed by atoms with van der Waals surface area (Å²) in [4.78, 5) is 4.68. The largest absolute Gasteiger partial charge is 0.383 e. The lowest BCUT2D eigenvalue weighted by Crippen LogP contribution is -2.58. The van der Waals surface area contributed by atoms with E-state index in [-0.39, 0.29) is 11.6 Å². The van der Waals surface area contributed by atoms with Crippen molar-refractivity contribution in [3.05, 3.63) is 58.3 Å². The molecule has 1 fully saturated rings. The number of hydrogen-bond acceptors (Lipinski definition) is 5. The molecule has 2 aromatic rings. The maximum absolute atomic E-state index is 10.8. The molecule has 170 valence electrons. The van der Waals surface area contributed by atoms with E-state index in [2.05, 4.69) is 52.1 Å². The van der Waals surface area contributed by atoms with Crippen molar-refractivity contribution in [2.24, 2.45) is 4.99 Å². The van der Waals surface area contributed by atoms with Crippen LogP contribution < -0.4 is 16.0 Å². The Morgan fingerprint density at radius 1 is 1.23 bits per heavy atom. The van der Waals surface area contributed by atoms with Crippen LogP contribution in [-0.4, -0.2) is 49.5 Å². The number of ether oxygens (including phenoxy) is 1. The average Bonchev–Trinajstić information content (AvgIpc) is 3.33. The first kappa shape index (κ1) is 23.7. The highest BCUT2D eigenvalue weighted by atomic mass is 32.1. The summed E-state index contributed by atoms with van der Waals surface area (Å²) < 4.78 is 5.65. The van der Waals surface area contributed by atoms with E-state index in [0.717, 1.165) is 50.7 Å². The second-order valence-corrected chi connectivity index (χ2v) is 9.28. The van der Waals surface area contributed by atoms with Gasteiger partial charge in [0, 0.05) is 37.9 Å². The summed E-state index contributed by atoms with van der Waals surface area (Å²) in [6.45, 7) is 9.36. The molecule has 0 bridgehead atoms. The molecule has 3 rings (SSSR count). The number of hydrogen-bond donors (Lipinski definition) is 4. The van der Waals surface area contributed by atoms with Crippen LogP contribution in [0.15, 0.2) is 52.2 Å². The Labute approximate surface area is 190 Å². The summed E-state index contributed by atoms with van der Waals surface area (Å²) in [6.07, 6.45) is 1.87. The first-order valence-electron chi connectivity index (χ1n) is 11.1. The minimum absolute atomic E-state index is 0.0838. The van der Waals surface area contributed by atoms with Gasteiger partial charge >= 0.3 is 0 Å². The van der Waals surface area contributed by atoms with E-state index in [1.165, 1.54) is 5.56 Å². The molecule has 0 radical (unpaired) electrons. The van der Waals surface area contributed by atoms with E-state index in [4.69, 9.17) is 4.74 Å². The van der Waals surface area contributed by atoms with Crippen LogP contribution in [0.4, 0.5) is 0 Å². The smallest absolute Gasteiger partial charge is 0.191 e. The van der Waals surface area contributed by atoms with Crippen LogP contribution in [0.25, 0.3) is 0 Å². The molecule has 7 heteroatoms. The Bertz CT molecular complexity index is 802. The molecule has 0 aliphatic carbocycles. The van der Waals surface area contributed by atoms with Crippen LogP contribution in [0.3, 0.4) is 0 Å². The van der Waals surface area contributed by atoms with Gasteiger partial charge in [0.25, 0.3) is 0 Å². The van der Waals surface area contributed by atoms with Crippen LogP contribution in [0.5, 0.6) is 0 Å². The van der Waals surface area contributed by atoms with E-state index < -0.39 is 5.60 Å². The van der Waals surface area contributed by atoms with Gasteiger partial charge < -0.3 is 25.8 Å². The number of benzene rings is 1. The summed E-state index contributed by atoms with van der Waals surface area (Å²) in [5.41, 5.74) is 1.11. The van der Waals surface area contributed by atoms with Crippen molar-refractivity contribution in [1.29, 1.82) is 0 Å². The zero-order valence-corrected chi connectivity index (χ0v) is 19.7. The fraction of sp³-hybridized carbons (Fsp3) is 0.542. The zero-order valence-electron chi connectivity index (χ0n) is 18.9. The van der Waals surface area contributed by atoms with Crippen LogP contribution >= 0.6 is 11.3 Å². The van der Waals surface area contributed by atoms with Crippen molar-refractivity contribution in [3.63, 3.8) is 0 Å². The Kier molecular flexibility index (Phi) is 8.49. The highest BCUT2D eigenvalue weighted by Gasteiger charge is 2.34. The minimum atomic E-state index is -0.987. The molecular formula is C24H36N4O2S. The molecule has 6 nitrogen and oxygen atoms in total. The predicted molar refractivity (Wildman–Crippen MR) is 129 cm³/mol. The second-order valence-electron chi connectivity index (χ2n) is 8.50. The van der Waals surface area contributed by atoms with E-state index >= 15 is 0 Å². The third kappa shape index (κ3) is 6.77. The summed E-state index contributed by atoms with van der Waals surface area (Å²) in [5.74, 6) is 0.720. The molecular weight excluding hydrogens is 408 g/mol. The normalized spacial score (nSPS) is 19.4. The average molecular weight is 445 g/mol. The number of rotatable bonds is 9. The molecule has 2 unspecified atom stereocenters. The number of nitrogens with zero attached hydrogens (tertiary/aromatic N) is 1. The quantitative estimate of drug-likeness (QED) is 0.352. The third-order valence-corrected chi connectivity index (χ3v) is 6.58. The van der Waals surface area contributed by atoms with Crippen molar-refractivity contribution in [2.45, 2.75) is 50.8 Å². The molecule has 1 aliphatic rings. The number of guanidine groups is 1. The van der Waals surface area contributed by atoms with Crippen LogP contribution in [0.1, 0.15) is 50.8 Å². The second kappa shape index (κ2) is 11.1. The first-order chi connectivity index (χ1) is 14.9. The lowest BCUT2D eigenvalue weighted by atomic mass is 9.88. The summed E-state index contributed by atoms with van der Waals surface area (Å²) >= 11 is 1.58. The molecule has 0 saturated carbocycles. The molecule has 1 aromatic carbocycles. The highest BCUT2D eigenvalue weighted by molar-refractivity contribution is 7.08. The Morgan fingerprint density at radius 3 is 2.61 bits per heavy atom. The van der Waals surface area contributed by atoms with Gasteiger partial charge in [0.05, 0.1) is 6.54 Å². The predicted octanol–water partition coefficient (Wildman–Crippen LogP) is 3.41. The van der Waals surface area contributed by atoms with E-state index in [9.17, 15) is 5.11 Å². The number of nitrogens with one attached hydrogen (secondary N) is 3. The topological polar surface area (TPSA) is 77.9 Å². The molecule has 4 N–H and O–H groups in total. The van der Waals surface area contributed by atoms with Crippen molar-refractivity contribution in [1.82, 2.24) is 16.0 Å². The van der Waals surface area contributed by atoms with E-state index in [0.29, 0.717) is 6.54 Å². The number of aliphatic imine (C=N–C) groups is 1. The molecule has 0 amide bonds.